The smallest absolute Gasteiger partial charge is 0.243 e. The lowest BCUT2D eigenvalue weighted by molar-refractivity contribution is -0.134. The number of hydrogen-bond donors (Lipinski definition) is 0. The summed E-state index contributed by atoms with van der Waals surface area (Å²) in [6.07, 6.45) is 0. The Hall–Kier alpha value is -3.31. The number of rotatable bonds is 8. The molecule has 0 aliphatic carbocycles. The SMILES string of the molecule is CC(C)N(Cc1ccccc1)C(=O)Cn1c(COc2ccc(Cl)cc2)nc2ccccc21. The first-order valence-corrected chi connectivity index (χ1v) is 11.0. The van der Waals surface area contributed by atoms with Crippen molar-refractivity contribution >= 4 is 28.5 Å². The summed E-state index contributed by atoms with van der Waals surface area (Å²) >= 11 is 5.96. The number of fused-ring (bicyclic) bond motifs is 1. The third-order valence-corrected chi connectivity index (χ3v) is 5.60. The van der Waals surface area contributed by atoms with E-state index in [1.807, 2.05) is 90.0 Å². The molecule has 0 aliphatic heterocycles. The van der Waals surface area contributed by atoms with Gasteiger partial charge in [-0.15, -0.1) is 0 Å². The van der Waals surface area contributed by atoms with Crippen LogP contribution >= 0.6 is 11.6 Å². The van der Waals surface area contributed by atoms with Gasteiger partial charge in [0.1, 0.15) is 24.7 Å². The van der Waals surface area contributed by atoms with E-state index in [1.54, 1.807) is 12.1 Å². The molecule has 0 saturated heterocycles. The largest absolute Gasteiger partial charge is 0.486 e. The molecule has 3 aromatic carbocycles. The molecule has 0 radical (unpaired) electrons. The van der Waals surface area contributed by atoms with Crippen molar-refractivity contribution in [3.63, 3.8) is 0 Å². The number of para-hydroxylation sites is 2. The number of ether oxygens (including phenoxy) is 1. The van der Waals surface area contributed by atoms with Crippen LogP contribution in [0, 0.1) is 0 Å². The van der Waals surface area contributed by atoms with E-state index in [1.165, 1.54) is 0 Å². The standard InChI is InChI=1S/C26H26ClN3O2/c1-19(2)29(16-20-8-4-3-5-9-20)26(31)17-30-24-11-7-6-10-23(24)28-25(30)18-32-22-14-12-21(27)13-15-22/h3-15,19H,16-18H2,1-2H3. The number of benzene rings is 3. The first kappa shape index (κ1) is 21.9. The second-order valence-corrected chi connectivity index (χ2v) is 8.38. The summed E-state index contributed by atoms with van der Waals surface area (Å²) in [5.41, 5.74) is 2.87. The number of hydrogen-bond acceptors (Lipinski definition) is 3. The predicted octanol–water partition coefficient (Wildman–Crippen LogP) is 5.71. The van der Waals surface area contributed by atoms with Crippen LogP contribution in [-0.2, 0) is 24.5 Å². The number of amides is 1. The number of carbonyl (C=O) groups is 1. The van der Waals surface area contributed by atoms with Crippen molar-refractivity contribution < 1.29 is 9.53 Å². The van der Waals surface area contributed by atoms with Gasteiger partial charge >= 0.3 is 0 Å². The molecule has 0 N–H and O–H groups in total. The summed E-state index contributed by atoms with van der Waals surface area (Å²) < 4.78 is 7.89. The maximum Gasteiger partial charge on any atom is 0.243 e. The lowest BCUT2D eigenvalue weighted by Crippen LogP contribution is -2.38. The topological polar surface area (TPSA) is 47.4 Å². The Morgan fingerprint density at radius 1 is 1.00 bits per heavy atom. The van der Waals surface area contributed by atoms with Gasteiger partial charge < -0.3 is 14.2 Å². The molecule has 0 fully saturated rings. The van der Waals surface area contributed by atoms with Crippen LogP contribution in [0.15, 0.2) is 78.9 Å². The van der Waals surface area contributed by atoms with Gasteiger partial charge in [0.05, 0.1) is 11.0 Å². The highest BCUT2D eigenvalue weighted by molar-refractivity contribution is 6.30. The van der Waals surface area contributed by atoms with Gasteiger partial charge in [0.15, 0.2) is 0 Å². The van der Waals surface area contributed by atoms with Gasteiger partial charge in [-0.3, -0.25) is 4.79 Å². The molecule has 0 aliphatic rings. The van der Waals surface area contributed by atoms with Gasteiger partial charge in [0, 0.05) is 17.6 Å². The molecule has 1 aromatic heterocycles. The maximum absolute atomic E-state index is 13.4. The molecule has 1 amide bonds. The highest BCUT2D eigenvalue weighted by Crippen LogP contribution is 2.21. The van der Waals surface area contributed by atoms with E-state index in [4.69, 9.17) is 21.3 Å². The van der Waals surface area contributed by atoms with Crippen molar-refractivity contribution in [3.05, 3.63) is 95.3 Å². The summed E-state index contributed by atoms with van der Waals surface area (Å²) in [4.78, 5) is 20.0. The van der Waals surface area contributed by atoms with Crippen molar-refractivity contribution in [2.45, 2.75) is 39.6 Å². The van der Waals surface area contributed by atoms with Gasteiger partial charge in [-0.2, -0.15) is 0 Å². The number of halogens is 1. The third-order valence-electron chi connectivity index (χ3n) is 5.35. The zero-order valence-electron chi connectivity index (χ0n) is 18.2. The van der Waals surface area contributed by atoms with Crippen molar-refractivity contribution in [2.75, 3.05) is 0 Å². The Kier molecular flexibility index (Phi) is 6.76. The van der Waals surface area contributed by atoms with Gasteiger partial charge in [-0.1, -0.05) is 54.1 Å². The zero-order valence-corrected chi connectivity index (χ0v) is 19.0. The minimum Gasteiger partial charge on any atom is -0.486 e. The average molecular weight is 448 g/mol. The molecule has 0 atom stereocenters. The van der Waals surface area contributed by atoms with Crippen molar-refractivity contribution in [1.29, 1.82) is 0 Å². The quantitative estimate of drug-likeness (QED) is 0.347. The number of aromatic nitrogens is 2. The van der Waals surface area contributed by atoms with Crippen molar-refractivity contribution in [2.24, 2.45) is 0 Å². The lowest BCUT2D eigenvalue weighted by Gasteiger charge is -2.27. The first-order chi connectivity index (χ1) is 15.5. The highest BCUT2D eigenvalue weighted by Gasteiger charge is 2.21. The molecule has 0 saturated carbocycles. The van der Waals surface area contributed by atoms with Crippen LogP contribution in [0.3, 0.4) is 0 Å². The van der Waals surface area contributed by atoms with Crippen LogP contribution < -0.4 is 4.74 Å². The fraction of sp³-hybridized carbons (Fsp3) is 0.231. The molecule has 1 heterocycles. The van der Waals surface area contributed by atoms with E-state index in [2.05, 4.69) is 0 Å². The molecule has 4 rings (SSSR count). The second-order valence-electron chi connectivity index (χ2n) is 7.95. The third kappa shape index (κ3) is 5.11. The molecule has 0 spiro atoms. The average Bonchev–Trinajstić information content (AvgIpc) is 3.15. The van der Waals surface area contributed by atoms with Crippen LogP contribution in [0.2, 0.25) is 5.02 Å². The predicted molar refractivity (Wildman–Crippen MR) is 128 cm³/mol. The fourth-order valence-electron chi connectivity index (χ4n) is 3.66. The summed E-state index contributed by atoms with van der Waals surface area (Å²) in [6, 6.07) is 25.2. The summed E-state index contributed by atoms with van der Waals surface area (Å²) in [6.45, 7) is 5.10. The van der Waals surface area contributed by atoms with Crippen molar-refractivity contribution in [3.8, 4) is 5.75 Å². The molecule has 6 heteroatoms. The van der Waals surface area contributed by atoms with E-state index in [9.17, 15) is 4.79 Å². The molecule has 0 unspecified atom stereocenters. The zero-order chi connectivity index (χ0) is 22.5. The molecule has 5 nitrogen and oxygen atoms in total. The van der Waals surface area contributed by atoms with E-state index in [0.717, 1.165) is 16.6 Å². The van der Waals surface area contributed by atoms with Gasteiger partial charge in [0.25, 0.3) is 0 Å². The number of nitrogens with zero attached hydrogens (tertiary/aromatic N) is 3. The normalized spacial score (nSPS) is 11.1. The van der Waals surface area contributed by atoms with Crippen LogP contribution in [0.1, 0.15) is 25.2 Å². The lowest BCUT2D eigenvalue weighted by atomic mass is 10.2. The number of carbonyl (C=O) groups excluding carboxylic acids is 1. The molecule has 164 valence electrons. The van der Waals surface area contributed by atoms with Gasteiger partial charge in [-0.25, -0.2) is 4.98 Å². The van der Waals surface area contributed by atoms with Gasteiger partial charge in [0.2, 0.25) is 5.91 Å². The summed E-state index contributed by atoms with van der Waals surface area (Å²) in [5.74, 6) is 1.45. The van der Waals surface area contributed by atoms with Gasteiger partial charge in [-0.05, 0) is 55.8 Å². The van der Waals surface area contributed by atoms with Crippen LogP contribution in [-0.4, -0.2) is 26.4 Å². The Bertz CT molecular complexity index is 1190. The summed E-state index contributed by atoms with van der Waals surface area (Å²) in [7, 11) is 0. The van der Waals surface area contributed by atoms with Crippen LogP contribution in [0.4, 0.5) is 0 Å². The van der Waals surface area contributed by atoms with Crippen LogP contribution in [0.25, 0.3) is 11.0 Å². The van der Waals surface area contributed by atoms with E-state index in [0.29, 0.717) is 23.1 Å². The minimum atomic E-state index is 0.0414. The van der Waals surface area contributed by atoms with Crippen molar-refractivity contribution in [1.82, 2.24) is 14.5 Å². The Morgan fingerprint density at radius 3 is 2.41 bits per heavy atom. The Balaban J connectivity index is 1.58. The minimum absolute atomic E-state index is 0.0414. The molecule has 0 bridgehead atoms. The monoisotopic (exact) mass is 447 g/mol. The highest BCUT2D eigenvalue weighted by atomic mass is 35.5. The number of imidazole rings is 1. The maximum atomic E-state index is 13.4. The van der Waals surface area contributed by atoms with E-state index < -0.39 is 0 Å². The molecular formula is C26H26ClN3O2. The van der Waals surface area contributed by atoms with E-state index in [-0.39, 0.29) is 25.1 Å². The van der Waals surface area contributed by atoms with E-state index >= 15 is 0 Å². The second kappa shape index (κ2) is 9.88. The molecule has 32 heavy (non-hydrogen) atoms. The first-order valence-electron chi connectivity index (χ1n) is 10.7. The molecular weight excluding hydrogens is 422 g/mol. The summed E-state index contributed by atoms with van der Waals surface area (Å²) in [5, 5.41) is 0.655. The molecule has 4 aromatic rings. The fourth-order valence-corrected chi connectivity index (χ4v) is 3.78. The Labute approximate surface area is 193 Å². The Morgan fingerprint density at radius 2 is 1.69 bits per heavy atom. The van der Waals surface area contributed by atoms with Crippen LogP contribution in [0.5, 0.6) is 5.75 Å².